The third kappa shape index (κ3) is 5.05. The molecule has 1 amide bonds. The van der Waals surface area contributed by atoms with E-state index in [1.165, 1.54) is 7.11 Å². The summed E-state index contributed by atoms with van der Waals surface area (Å²) < 4.78 is 10.6. The van der Waals surface area contributed by atoms with Gasteiger partial charge >= 0.3 is 12.1 Å². The van der Waals surface area contributed by atoms with Crippen molar-refractivity contribution in [1.82, 2.24) is 5.32 Å². The monoisotopic (exact) mass is 530 g/mol. The third-order valence-corrected chi connectivity index (χ3v) is 6.82. The molecule has 0 aliphatic carbocycles. The van der Waals surface area contributed by atoms with Crippen LogP contribution in [0.25, 0.3) is 0 Å². The fraction of sp³-hybridized carbons (Fsp3) is 0.556. The number of benzene rings is 1. The first-order valence-corrected chi connectivity index (χ1v) is 10.6. The summed E-state index contributed by atoms with van der Waals surface area (Å²) in [6, 6.07) is 0. The summed E-state index contributed by atoms with van der Waals surface area (Å²) in [4.78, 5) is 26.7. The number of aliphatic hydroxyl groups excluding tert-OH is 1. The van der Waals surface area contributed by atoms with Gasteiger partial charge in [-0.3, -0.25) is 0 Å². The number of ether oxygens (including phenoxy) is 2. The Morgan fingerprint density at radius 3 is 2.38 bits per heavy atom. The van der Waals surface area contributed by atoms with Gasteiger partial charge in [0.25, 0.3) is 0 Å². The van der Waals surface area contributed by atoms with Crippen LogP contribution in [0.1, 0.15) is 32.8 Å². The molecule has 1 saturated heterocycles. The molecule has 1 aromatic carbocycles. The van der Waals surface area contributed by atoms with E-state index in [1.54, 1.807) is 25.7 Å². The van der Waals surface area contributed by atoms with Gasteiger partial charge in [-0.05, 0) is 36.7 Å². The Kier molecular flexibility index (Phi) is 7.60. The van der Waals surface area contributed by atoms with Crippen LogP contribution in [0.15, 0.2) is 4.47 Å². The van der Waals surface area contributed by atoms with Gasteiger partial charge < -0.3 is 24.8 Å². The molecule has 0 aromatic heterocycles. The van der Waals surface area contributed by atoms with Gasteiger partial charge in [-0.25, -0.2) is 9.59 Å². The average Bonchev–Trinajstić information content (AvgIpc) is 3.04. The molecule has 0 bridgehead atoms. The number of amides is 1. The lowest BCUT2D eigenvalue weighted by Crippen LogP contribution is -2.57. The van der Waals surface area contributed by atoms with Crippen LogP contribution in [-0.2, 0) is 20.9 Å². The van der Waals surface area contributed by atoms with E-state index < -0.39 is 23.2 Å². The van der Waals surface area contributed by atoms with Crippen molar-refractivity contribution >= 4 is 68.5 Å². The number of halogens is 4. The highest BCUT2D eigenvalue weighted by Crippen LogP contribution is 2.47. The molecule has 0 spiro atoms. The molecule has 1 aliphatic heterocycles. The molecule has 2 N–H and O–H groups in total. The van der Waals surface area contributed by atoms with Crippen LogP contribution < -0.4 is 10.2 Å². The summed E-state index contributed by atoms with van der Waals surface area (Å²) >= 11 is 22.1. The molecule has 11 heteroatoms. The van der Waals surface area contributed by atoms with Crippen molar-refractivity contribution in [3.63, 3.8) is 0 Å². The predicted octanol–water partition coefficient (Wildman–Crippen LogP) is 4.55. The van der Waals surface area contributed by atoms with E-state index in [9.17, 15) is 14.7 Å². The highest BCUT2D eigenvalue weighted by Gasteiger charge is 2.49. The first-order valence-electron chi connectivity index (χ1n) is 8.67. The molecular formula is C18H22BrCl3N2O5. The number of aliphatic hydroxyl groups is 1. The van der Waals surface area contributed by atoms with Crippen molar-refractivity contribution < 1.29 is 24.2 Å². The topological polar surface area (TPSA) is 88.1 Å². The largest absolute Gasteiger partial charge is 0.467 e. The minimum Gasteiger partial charge on any atom is -0.467 e. The van der Waals surface area contributed by atoms with Crippen molar-refractivity contribution in [2.75, 3.05) is 25.1 Å². The maximum Gasteiger partial charge on any atom is 0.408 e. The van der Waals surface area contributed by atoms with E-state index >= 15 is 0 Å². The molecule has 1 heterocycles. The summed E-state index contributed by atoms with van der Waals surface area (Å²) in [7, 11) is 1.24. The van der Waals surface area contributed by atoms with Gasteiger partial charge in [-0.2, -0.15) is 0 Å². The van der Waals surface area contributed by atoms with Gasteiger partial charge in [-0.1, -0.05) is 34.8 Å². The fourth-order valence-electron chi connectivity index (χ4n) is 3.15. The lowest BCUT2D eigenvalue weighted by Gasteiger charge is -2.31. The molecule has 0 saturated carbocycles. The number of nitrogens with zero attached hydrogens (tertiary/aromatic N) is 1. The number of carbonyl (C=O) groups is 2. The Morgan fingerprint density at radius 1 is 1.24 bits per heavy atom. The number of hydrogen-bond acceptors (Lipinski definition) is 6. The van der Waals surface area contributed by atoms with E-state index in [2.05, 4.69) is 21.2 Å². The third-order valence-electron chi connectivity index (χ3n) is 4.40. The first kappa shape index (κ1) is 24.3. The summed E-state index contributed by atoms with van der Waals surface area (Å²) in [5.74, 6) is -0.619. The van der Waals surface area contributed by atoms with Gasteiger partial charge in [-0.15, -0.1) is 0 Å². The van der Waals surface area contributed by atoms with E-state index in [0.29, 0.717) is 22.3 Å². The molecule has 1 fully saturated rings. The van der Waals surface area contributed by atoms with Gasteiger partial charge in [0.1, 0.15) is 5.60 Å². The van der Waals surface area contributed by atoms with Crippen LogP contribution in [0.3, 0.4) is 0 Å². The normalized spacial score (nSPS) is 19.3. The highest BCUT2D eigenvalue weighted by atomic mass is 79.9. The molecular weight excluding hydrogens is 510 g/mol. The molecule has 7 nitrogen and oxygen atoms in total. The van der Waals surface area contributed by atoms with Crippen molar-refractivity contribution in [2.45, 2.75) is 44.9 Å². The van der Waals surface area contributed by atoms with Crippen LogP contribution >= 0.6 is 50.7 Å². The molecule has 2 rings (SSSR count). The SMILES string of the molecule is COC(=O)C1(NC(=O)OC(C)(C)C)CCN(c2c(Cl)c(Cl)c(Cl)c(Br)c2CO)C1. The maximum atomic E-state index is 12.6. The average molecular weight is 533 g/mol. The molecule has 1 aliphatic rings. The van der Waals surface area contributed by atoms with Gasteiger partial charge in [0.05, 0.1) is 41.0 Å². The second kappa shape index (κ2) is 9.06. The molecule has 1 unspecified atom stereocenters. The smallest absolute Gasteiger partial charge is 0.408 e. The predicted molar refractivity (Wildman–Crippen MR) is 116 cm³/mol. The van der Waals surface area contributed by atoms with E-state index in [4.69, 9.17) is 44.3 Å². The lowest BCUT2D eigenvalue weighted by molar-refractivity contribution is -0.147. The molecule has 29 heavy (non-hydrogen) atoms. The Hall–Kier alpha value is -0.930. The van der Waals surface area contributed by atoms with Crippen molar-refractivity contribution in [1.29, 1.82) is 0 Å². The zero-order valence-corrected chi connectivity index (χ0v) is 20.2. The fourth-order valence-corrected chi connectivity index (χ4v) is 4.55. The lowest BCUT2D eigenvalue weighted by atomic mass is 9.99. The van der Waals surface area contributed by atoms with Crippen LogP contribution in [0, 0.1) is 0 Å². The van der Waals surface area contributed by atoms with Crippen LogP contribution in [0.5, 0.6) is 0 Å². The highest BCUT2D eigenvalue weighted by molar-refractivity contribution is 9.10. The number of alkyl carbamates (subject to hydrolysis) is 1. The molecule has 0 radical (unpaired) electrons. The zero-order chi connectivity index (χ0) is 22.1. The number of anilines is 1. The summed E-state index contributed by atoms with van der Waals surface area (Å²) in [6.07, 6.45) is -0.508. The number of esters is 1. The Labute approximate surface area is 192 Å². The number of hydrogen-bond donors (Lipinski definition) is 2. The Bertz CT molecular complexity index is 831. The Balaban J connectivity index is 2.43. The minimum atomic E-state index is -1.36. The number of carbonyl (C=O) groups excluding carboxylic acids is 2. The van der Waals surface area contributed by atoms with E-state index in [0.717, 1.165) is 0 Å². The zero-order valence-electron chi connectivity index (χ0n) is 16.4. The molecule has 1 aromatic rings. The first-order chi connectivity index (χ1) is 13.4. The van der Waals surface area contributed by atoms with E-state index in [-0.39, 0.29) is 34.6 Å². The maximum absolute atomic E-state index is 12.6. The van der Waals surface area contributed by atoms with E-state index in [1.807, 2.05) is 0 Å². The van der Waals surface area contributed by atoms with Crippen molar-refractivity contribution in [2.24, 2.45) is 0 Å². The van der Waals surface area contributed by atoms with Gasteiger partial charge in [0.15, 0.2) is 5.54 Å². The van der Waals surface area contributed by atoms with Crippen LogP contribution in [-0.4, -0.2) is 48.5 Å². The van der Waals surface area contributed by atoms with Crippen LogP contribution in [0.4, 0.5) is 10.5 Å². The number of nitrogens with one attached hydrogen (secondary N) is 1. The number of methoxy groups -OCH3 is 1. The molecule has 1 atom stereocenters. The standard InChI is InChI=1S/C18H22BrCl3N2O5/c1-17(2,3)29-16(27)23-18(15(26)28-4)5-6-24(8-18)14-9(7-25)10(19)11(20)12(21)13(14)22/h25H,5-8H2,1-4H3,(H,23,27). The summed E-state index contributed by atoms with van der Waals surface area (Å²) in [5, 5.41) is 12.9. The molecule has 162 valence electrons. The van der Waals surface area contributed by atoms with Crippen molar-refractivity contribution in [3.05, 3.63) is 25.1 Å². The quantitative estimate of drug-likeness (QED) is 0.336. The van der Waals surface area contributed by atoms with Gasteiger partial charge in [0, 0.05) is 23.0 Å². The second-order valence-electron chi connectivity index (χ2n) is 7.61. The Morgan fingerprint density at radius 2 is 1.86 bits per heavy atom. The van der Waals surface area contributed by atoms with Gasteiger partial charge in [0.2, 0.25) is 0 Å². The van der Waals surface area contributed by atoms with Crippen LogP contribution in [0.2, 0.25) is 15.1 Å². The summed E-state index contributed by atoms with van der Waals surface area (Å²) in [6.45, 7) is 5.17. The summed E-state index contributed by atoms with van der Waals surface area (Å²) in [5.41, 5.74) is -1.25. The second-order valence-corrected chi connectivity index (χ2v) is 9.54. The van der Waals surface area contributed by atoms with Crippen molar-refractivity contribution in [3.8, 4) is 0 Å². The number of rotatable bonds is 4. The minimum absolute atomic E-state index is 0.0377.